The van der Waals surface area contributed by atoms with Crippen LogP contribution in [0.5, 0.6) is 0 Å². The number of hydrogen-bond acceptors (Lipinski definition) is 5. The van der Waals surface area contributed by atoms with E-state index < -0.39 is 6.10 Å². The molecule has 35 heavy (non-hydrogen) atoms. The number of H-pyrrole nitrogens is 1. The number of aliphatic hydroxyl groups is 1. The van der Waals surface area contributed by atoms with Crippen LogP contribution in [0.25, 0.3) is 11.4 Å². The average Bonchev–Trinajstić information content (AvgIpc) is 3.58. The van der Waals surface area contributed by atoms with Crippen molar-refractivity contribution in [3.8, 4) is 11.4 Å². The number of aliphatic hydroxyl groups excluding tert-OH is 1. The minimum absolute atomic E-state index is 0.0611. The number of hydrogen-bond donors (Lipinski definition) is 4. The summed E-state index contributed by atoms with van der Waals surface area (Å²) in [5.41, 5.74) is 3.64. The van der Waals surface area contributed by atoms with Crippen molar-refractivity contribution in [2.24, 2.45) is 0 Å². The maximum atomic E-state index is 12.6. The van der Waals surface area contributed by atoms with Gasteiger partial charge in [-0.3, -0.25) is 9.89 Å². The Morgan fingerprint density at radius 2 is 1.69 bits per heavy atom. The first-order chi connectivity index (χ1) is 17.2. The minimum Gasteiger partial charge on any atom is -0.387 e. The lowest BCUT2D eigenvalue weighted by Gasteiger charge is -2.20. The Morgan fingerprint density at radius 1 is 0.971 bits per heavy atom. The van der Waals surface area contributed by atoms with Crippen molar-refractivity contribution in [3.63, 3.8) is 0 Å². The van der Waals surface area contributed by atoms with Crippen molar-refractivity contribution in [1.82, 2.24) is 25.8 Å². The summed E-state index contributed by atoms with van der Waals surface area (Å²) in [4.78, 5) is 17.0. The third kappa shape index (κ3) is 5.65. The third-order valence-electron chi connectivity index (χ3n) is 6.48. The van der Waals surface area contributed by atoms with Crippen LogP contribution >= 0.6 is 0 Å². The zero-order valence-corrected chi connectivity index (χ0v) is 19.4. The number of benzene rings is 3. The van der Waals surface area contributed by atoms with Crippen molar-refractivity contribution in [2.75, 3.05) is 0 Å². The maximum Gasteiger partial charge on any atom is 0.251 e. The van der Waals surface area contributed by atoms with Gasteiger partial charge < -0.3 is 15.7 Å². The van der Waals surface area contributed by atoms with E-state index in [-0.39, 0.29) is 18.5 Å². The predicted molar refractivity (Wildman–Crippen MR) is 134 cm³/mol. The minimum atomic E-state index is -0.500. The van der Waals surface area contributed by atoms with E-state index in [9.17, 15) is 9.90 Å². The predicted octanol–water partition coefficient (Wildman–Crippen LogP) is 3.80. The molecule has 0 radical (unpaired) electrons. The second-order valence-electron chi connectivity index (χ2n) is 8.96. The summed E-state index contributed by atoms with van der Waals surface area (Å²) in [5, 5.41) is 24.3. The summed E-state index contributed by atoms with van der Waals surface area (Å²) in [5.74, 6) is 1.06. The number of aromatic amines is 1. The number of amides is 1. The second-order valence-corrected chi connectivity index (χ2v) is 8.96. The Bertz CT molecular complexity index is 1240. The van der Waals surface area contributed by atoms with Gasteiger partial charge in [-0.15, -0.1) is 0 Å². The lowest BCUT2D eigenvalue weighted by atomic mass is 10.0. The highest BCUT2D eigenvalue weighted by Gasteiger charge is 2.29. The van der Waals surface area contributed by atoms with E-state index in [1.807, 2.05) is 84.9 Å². The Hall–Kier alpha value is -3.81. The average molecular weight is 468 g/mol. The maximum absolute atomic E-state index is 12.6. The first-order valence-electron chi connectivity index (χ1n) is 12.0. The molecule has 1 amide bonds. The molecule has 0 bridgehead atoms. The molecule has 3 aromatic carbocycles. The molecule has 1 aromatic heterocycles. The van der Waals surface area contributed by atoms with Gasteiger partial charge in [0.05, 0.1) is 12.6 Å². The molecule has 7 nitrogen and oxygen atoms in total. The van der Waals surface area contributed by atoms with E-state index in [2.05, 4.69) is 25.8 Å². The summed E-state index contributed by atoms with van der Waals surface area (Å²) >= 11 is 0. The summed E-state index contributed by atoms with van der Waals surface area (Å²) in [7, 11) is 0. The van der Waals surface area contributed by atoms with Crippen LogP contribution in [0.2, 0.25) is 0 Å². The molecule has 2 heterocycles. The highest BCUT2D eigenvalue weighted by molar-refractivity contribution is 5.94. The first kappa shape index (κ1) is 23.0. The lowest BCUT2D eigenvalue weighted by molar-refractivity contribution is 0.0950. The summed E-state index contributed by atoms with van der Waals surface area (Å²) in [6, 6.07) is 27.6. The molecule has 4 N–H and O–H groups in total. The summed E-state index contributed by atoms with van der Waals surface area (Å²) in [6.07, 6.45) is 2.31. The number of carbonyl (C=O) groups is 1. The van der Waals surface area contributed by atoms with E-state index >= 15 is 0 Å². The fourth-order valence-corrected chi connectivity index (χ4v) is 4.58. The van der Waals surface area contributed by atoms with Gasteiger partial charge >= 0.3 is 0 Å². The standard InChI is InChI=1S/C28H29N5O2/c34-26(20-7-3-1-4-8-20)24-16-15-23(30-24)17-19-11-13-22(14-12-19)28(35)29-18-25-31-27(33-32-25)21-9-5-2-6-10-21/h1-14,23-24,26,30,34H,15-18H2,(H,29,35)(H,31,32,33)/t23-,24+,26?/m0/s1. The zero-order chi connectivity index (χ0) is 24.0. The highest BCUT2D eigenvalue weighted by Crippen LogP contribution is 2.26. The van der Waals surface area contributed by atoms with Gasteiger partial charge in [-0.25, -0.2) is 4.98 Å². The largest absolute Gasteiger partial charge is 0.387 e. The number of rotatable bonds is 8. The van der Waals surface area contributed by atoms with Crippen LogP contribution in [0, 0.1) is 0 Å². The van der Waals surface area contributed by atoms with Gasteiger partial charge in [-0.2, -0.15) is 5.10 Å². The highest BCUT2D eigenvalue weighted by atomic mass is 16.3. The van der Waals surface area contributed by atoms with Crippen LogP contribution < -0.4 is 10.6 Å². The molecule has 1 saturated heterocycles. The van der Waals surface area contributed by atoms with Crippen LogP contribution in [-0.2, 0) is 13.0 Å². The smallest absolute Gasteiger partial charge is 0.251 e. The Balaban J connectivity index is 1.11. The number of aromatic nitrogens is 3. The lowest BCUT2D eigenvalue weighted by Crippen LogP contribution is -2.35. The molecule has 1 aliphatic heterocycles. The molecule has 5 rings (SSSR count). The number of nitrogens with one attached hydrogen (secondary N) is 3. The Kier molecular flexibility index (Phi) is 6.97. The second kappa shape index (κ2) is 10.6. The SMILES string of the molecule is O=C(NCc1nc(-c2ccccc2)n[nH]1)c1ccc(C[C@@H]2CC[C@H](C(O)c3ccccc3)N2)cc1. The molecule has 1 fully saturated rings. The third-order valence-corrected chi connectivity index (χ3v) is 6.48. The van der Waals surface area contributed by atoms with Gasteiger partial charge in [0.15, 0.2) is 5.82 Å². The van der Waals surface area contributed by atoms with Crippen molar-refractivity contribution in [2.45, 2.75) is 44.0 Å². The quantitative estimate of drug-likeness (QED) is 0.316. The van der Waals surface area contributed by atoms with Crippen molar-refractivity contribution < 1.29 is 9.90 Å². The normalized spacial score (nSPS) is 18.3. The summed E-state index contributed by atoms with van der Waals surface area (Å²) in [6.45, 7) is 0.275. The van der Waals surface area contributed by atoms with Gasteiger partial charge in [-0.1, -0.05) is 72.8 Å². The molecule has 3 atom stereocenters. The zero-order valence-electron chi connectivity index (χ0n) is 19.4. The molecule has 0 saturated carbocycles. The number of carbonyl (C=O) groups excluding carboxylic acids is 1. The first-order valence-corrected chi connectivity index (χ1v) is 12.0. The molecular weight excluding hydrogens is 438 g/mol. The van der Waals surface area contributed by atoms with E-state index in [0.29, 0.717) is 23.3 Å². The van der Waals surface area contributed by atoms with Crippen LogP contribution in [0.3, 0.4) is 0 Å². The van der Waals surface area contributed by atoms with Crippen molar-refractivity contribution >= 4 is 5.91 Å². The fourth-order valence-electron chi connectivity index (χ4n) is 4.58. The van der Waals surface area contributed by atoms with Crippen LogP contribution in [0.4, 0.5) is 0 Å². The molecular formula is C28H29N5O2. The molecule has 0 spiro atoms. The van der Waals surface area contributed by atoms with Crippen LogP contribution in [0.15, 0.2) is 84.9 Å². The van der Waals surface area contributed by atoms with Gasteiger partial charge in [-0.05, 0) is 42.5 Å². The van der Waals surface area contributed by atoms with Gasteiger partial charge in [0, 0.05) is 23.2 Å². The van der Waals surface area contributed by atoms with E-state index in [1.165, 1.54) is 0 Å². The fraction of sp³-hybridized carbons (Fsp3) is 0.250. The molecule has 1 unspecified atom stereocenters. The Morgan fingerprint density at radius 3 is 2.43 bits per heavy atom. The van der Waals surface area contributed by atoms with Crippen molar-refractivity contribution in [3.05, 3.63) is 107 Å². The molecule has 1 aliphatic rings. The van der Waals surface area contributed by atoms with Gasteiger partial charge in [0.2, 0.25) is 0 Å². The molecule has 0 aliphatic carbocycles. The molecule has 4 aromatic rings. The van der Waals surface area contributed by atoms with E-state index in [1.54, 1.807) is 0 Å². The molecule has 178 valence electrons. The molecule has 7 heteroatoms. The van der Waals surface area contributed by atoms with Gasteiger partial charge in [0.1, 0.15) is 5.82 Å². The van der Waals surface area contributed by atoms with E-state index in [0.717, 1.165) is 36.0 Å². The van der Waals surface area contributed by atoms with E-state index in [4.69, 9.17) is 0 Å². The van der Waals surface area contributed by atoms with Crippen molar-refractivity contribution in [1.29, 1.82) is 0 Å². The summed E-state index contributed by atoms with van der Waals surface area (Å²) < 4.78 is 0. The Labute approximate surface area is 204 Å². The van der Waals surface area contributed by atoms with Crippen LogP contribution in [-0.4, -0.2) is 38.3 Å². The van der Waals surface area contributed by atoms with Gasteiger partial charge in [0.25, 0.3) is 5.91 Å². The topological polar surface area (TPSA) is 103 Å². The number of nitrogens with zero attached hydrogens (tertiary/aromatic N) is 2. The monoisotopic (exact) mass is 467 g/mol. The van der Waals surface area contributed by atoms with Crippen LogP contribution in [0.1, 0.15) is 46.3 Å².